The molecule has 0 amide bonds. The number of benzene rings is 10. The van der Waals surface area contributed by atoms with Crippen LogP contribution in [-0.2, 0) is 11.8 Å². The van der Waals surface area contributed by atoms with Gasteiger partial charge in [0.15, 0.2) is 0 Å². The highest BCUT2D eigenvalue weighted by Gasteiger charge is 2.28. The summed E-state index contributed by atoms with van der Waals surface area (Å²) in [5.74, 6) is 0. The molecule has 0 unspecified atom stereocenters. The molecule has 4 nitrogen and oxygen atoms in total. The lowest BCUT2D eigenvalue weighted by molar-refractivity contribution is 0.483. The van der Waals surface area contributed by atoms with Crippen LogP contribution >= 0.6 is 0 Å². The van der Waals surface area contributed by atoms with E-state index in [1.807, 2.05) is 0 Å². The minimum Gasteiger partial charge on any atom is -0.313 e. The Balaban J connectivity index is 0.954. The molecule has 0 spiro atoms. The van der Waals surface area contributed by atoms with Gasteiger partial charge in [-0.25, -0.2) is 0 Å². The van der Waals surface area contributed by atoms with Gasteiger partial charge in [-0.2, -0.15) is 0 Å². The zero-order chi connectivity index (χ0) is 53.1. The van der Waals surface area contributed by atoms with Gasteiger partial charge in [-0.3, -0.25) is 0 Å². The van der Waals surface area contributed by atoms with Crippen molar-refractivity contribution in [2.75, 3.05) is 9.80 Å². The van der Waals surface area contributed by atoms with E-state index in [1.54, 1.807) is 0 Å². The number of anilines is 6. The third-order valence-corrected chi connectivity index (χ3v) is 16.0. The van der Waals surface area contributed by atoms with Crippen molar-refractivity contribution in [2.24, 2.45) is 5.41 Å². The van der Waals surface area contributed by atoms with Gasteiger partial charge in [0.2, 0.25) is 0 Å². The van der Waals surface area contributed by atoms with Crippen LogP contribution in [0.15, 0.2) is 254 Å². The SMILES string of the molecule is CC(C)(C)C1=Cc2c(n(-c3ccc(-c4ccccc4)cc3)c3ccc(N(c4ccccc4)c4cccc(N(c5ccccc5)c5ccc6c(c5)c5cc(C(C)(C)C)ccc5n6-c5ccc(-c6ccccc6)cc5)c4)cc23)CC1. The molecule has 0 fully saturated rings. The molecule has 0 aliphatic heterocycles. The van der Waals surface area contributed by atoms with E-state index in [2.05, 4.69) is 315 Å². The summed E-state index contributed by atoms with van der Waals surface area (Å²) in [6.45, 7) is 14.0. The minimum absolute atomic E-state index is 0.0201. The topological polar surface area (TPSA) is 16.3 Å². The van der Waals surface area contributed by atoms with Crippen molar-refractivity contribution < 1.29 is 0 Å². The standard InChI is InChI=1S/C74H64N4/c1-73(2,3)55-34-42-69-65(46-55)67-49-63(40-44-71(67)77(69)59-36-30-53(31-37-59)51-20-11-7-12-21-51)75(57-24-15-9-16-25-57)61-28-19-29-62(48-61)76(58-26-17-10-18-27-58)64-41-45-72-68(50-64)66-47-56(74(4,5)6)35-43-70(66)78(72)60-38-32-54(33-39-60)52-22-13-8-14-23-52/h7-34,36-42,44-50H,35,43H2,1-6H3. The van der Waals surface area contributed by atoms with Gasteiger partial charge in [-0.1, -0.05) is 187 Å². The first-order chi connectivity index (χ1) is 37.9. The Kier molecular flexibility index (Phi) is 12.1. The molecule has 380 valence electrons. The van der Waals surface area contributed by atoms with Crippen molar-refractivity contribution in [3.8, 4) is 33.6 Å². The van der Waals surface area contributed by atoms with Crippen molar-refractivity contribution in [1.29, 1.82) is 0 Å². The lowest BCUT2D eigenvalue weighted by Crippen LogP contribution is -2.14. The average molecular weight is 1010 g/mol. The van der Waals surface area contributed by atoms with Crippen LogP contribution in [0, 0.1) is 5.41 Å². The number of para-hydroxylation sites is 2. The maximum Gasteiger partial charge on any atom is 0.0542 e. The van der Waals surface area contributed by atoms with Gasteiger partial charge < -0.3 is 18.9 Å². The summed E-state index contributed by atoms with van der Waals surface area (Å²) in [5.41, 5.74) is 22.8. The number of nitrogens with zero attached hydrogens (tertiary/aromatic N) is 4. The Labute approximate surface area is 459 Å². The van der Waals surface area contributed by atoms with E-state index in [1.165, 1.54) is 83.0 Å². The Morgan fingerprint density at radius 3 is 1.23 bits per heavy atom. The molecule has 0 radical (unpaired) electrons. The van der Waals surface area contributed by atoms with E-state index >= 15 is 0 Å². The second-order valence-electron chi connectivity index (χ2n) is 23.0. The quantitative estimate of drug-likeness (QED) is 0.136. The highest BCUT2D eigenvalue weighted by molar-refractivity contribution is 6.11. The molecule has 1 aliphatic carbocycles. The maximum atomic E-state index is 2.52. The molecule has 12 aromatic rings. The number of hydrogen-bond acceptors (Lipinski definition) is 2. The molecular formula is C74H64N4. The highest BCUT2D eigenvalue weighted by Crippen LogP contribution is 2.46. The van der Waals surface area contributed by atoms with Crippen LogP contribution < -0.4 is 9.80 Å². The zero-order valence-electron chi connectivity index (χ0n) is 45.5. The third kappa shape index (κ3) is 8.87. The summed E-state index contributed by atoms with van der Waals surface area (Å²) in [4.78, 5) is 4.84. The highest BCUT2D eigenvalue weighted by atomic mass is 15.2. The molecule has 0 N–H and O–H groups in total. The van der Waals surface area contributed by atoms with Crippen LogP contribution in [0.5, 0.6) is 0 Å². The first-order valence-electron chi connectivity index (χ1n) is 27.5. The molecule has 10 aromatic carbocycles. The Morgan fingerprint density at radius 1 is 0.321 bits per heavy atom. The fourth-order valence-corrected chi connectivity index (χ4v) is 11.9. The van der Waals surface area contributed by atoms with Crippen molar-refractivity contribution in [3.05, 3.63) is 271 Å². The Bertz CT molecular complexity index is 4170. The summed E-state index contributed by atoms with van der Waals surface area (Å²) in [5, 5.41) is 3.71. The first-order valence-corrected chi connectivity index (χ1v) is 27.5. The molecule has 0 atom stereocenters. The second-order valence-corrected chi connectivity index (χ2v) is 23.0. The Morgan fingerprint density at radius 2 is 0.731 bits per heavy atom. The average Bonchev–Trinajstić information content (AvgIpc) is 4.09. The molecular weight excluding hydrogens is 945 g/mol. The largest absolute Gasteiger partial charge is 0.313 e. The number of rotatable bonds is 10. The molecule has 2 heterocycles. The van der Waals surface area contributed by atoms with E-state index in [0.717, 1.165) is 52.7 Å². The van der Waals surface area contributed by atoms with Crippen LogP contribution in [-0.4, -0.2) is 9.13 Å². The van der Waals surface area contributed by atoms with Gasteiger partial charge in [0.25, 0.3) is 0 Å². The molecule has 0 bridgehead atoms. The van der Waals surface area contributed by atoms with Crippen LogP contribution in [0.1, 0.15) is 64.8 Å². The second kappa shape index (κ2) is 19.5. The number of allylic oxidation sites excluding steroid dienone is 1. The van der Waals surface area contributed by atoms with E-state index in [4.69, 9.17) is 0 Å². The molecule has 2 aromatic heterocycles. The maximum absolute atomic E-state index is 2.52. The lowest BCUT2D eigenvalue weighted by Gasteiger charge is -2.29. The monoisotopic (exact) mass is 1010 g/mol. The fourth-order valence-electron chi connectivity index (χ4n) is 11.9. The van der Waals surface area contributed by atoms with E-state index < -0.39 is 0 Å². The van der Waals surface area contributed by atoms with Gasteiger partial charge in [-0.15, -0.1) is 0 Å². The minimum atomic E-state index is -0.0201. The Hall–Kier alpha value is -9.12. The van der Waals surface area contributed by atoms with Crippen LogP contribution in [0.25, 0.3) is 72.4 Å². The first kappa shape index (κ1) is 48.5. The van der Waals surface area contributed by atoms with Crippen molar-refractivity contribution in [1.82, 2.24) is 9.13 Å². The van der Waals surface area contributed by atoms with Crippen molar-refractivity contribution in [2.45, 2.75) is 59.8 Å². The number of aromatic nitrogens is 2. The summed E-state index contributed by atoms with van der Waals surface area (Å²) in [6, 6.07) is 91.4. The summed E-state index contributed by atoms with van der Waals surface area (Å²) < 4.78 is 4.95. The molecule has 13 rings (SSSR count). The van der Waals surface area contributed by atoms with Crippen LogP contribution in [0.4, 0.5) is 34.1 Å². The predicted molar refractivity (Wildman–Crippen MR) is 332 cm³/mol. The van der Waals surface area contributed by atoms with Gasteiger partial charge in [0.1, 0.15) is 0 Å². The normalized spacial score (nSPS) is 12.7. The fraction of sp³-hybridized carbons (Fsp3) is 0.135. The molecule has 4 heteroatoms. The summed E-state index contributed by atoms with van der Waals surface area (Å²) in [6.07, 6.45) is 4.53. The van der Waals surface area contributed by atoms with Gasteiger partial charge >= 0.3 is 0 Å². The van der Waals surface area contributed by atoms with Gasteiger partial charge in [0, 0.05) is 72.9 Å². The zero-order valence-corrected chi connectivity index (χ0v) is 45.5. The number of fused-ring (bicyclic) bond motifs is 6. The third-order valence-electron chi connectivity index (χ3n) is 16.0. The van der Waals surface area contributed by atoms with Crippen molar-refractivity contribution in [3.63, 3.8) is 0 Å². The lowest BCUT2D eigenvalue weighted by atomic mass is 9.79. The van der Waals surface area contributed by atoms with Crippen LogP contribution in [0.2, 0.25) is 0 Å². The van der Waals surface area contributed by atoms with Gasteiger partial charge in [-0.05, 0) is 167 Å². The predicted octanol–water partition coefficient (Wildman–Crippen LogP) is 20.7. The molecule has 1 aliphatic rings. The van der Waals surface area contributed by atoms with E-state index in [-0.39, 0.29) is 10.8 Å². The van der Waals surface area contributed by atoms with Crippen molar-refractivity contribution >= 4 is 72.9 Å². The van der Waals surface area contributed by atoms with Crippen LogP contribution in [0.3, 0.4) is 0 Å². The summed E-state index contributed by atoms with van der Waals surface area (Å²) >= 11 is 0. The smallest absolute Gasteiger partial charge is 0.0542 e. The van der Waals surface area contributed by atoms with E-state index in [9.17, 15) is 0 Å². The number of hydrogen-bond donors (Lipinski definition) is 0. The summed E-state index contributed by atoms with van der Waals surface area (Å²) in [7, 11) is 0. The molecule has 0 saturated carbocycles. The van der Waals surface area contributed by atoms with Gasteiger partial charge in [0.05, 0.1) is 16.6 Å². The molecule has 78 heavy (non-hydrogen) atoms. The van der Waals surface area contributed by atoms with E-state index in [0.29, 0.717) is 0 Å². The molecule has 0 saturated heterocycles.